The zero-order valence-corrected chi connectivity index (χ0v) is 12.1. The average Bonchev–Trinajstić information content (AvgIpc) is 2.34. The molecule has 1 aliphatic rings. The summed E-state index contributed by atoms with van der Waals surface area (Å²) >= 11 is 0. The summed E-state index contributed by atoms with van der Waals surface area (Å²) in [6, 6.07) is 0. The summed E-state index contributed by atoms with van der Waals surface area (Å²) in [5, 5.41) is 0. The van der Waals surface area contributed by atoms with E-state index < -0.39 is 5.54 Å². The zero-order chi connectivity index (χ0) is 14.6. The van der Waals surface area contributed by atoms with Crippen molar-refractivity contribution in [1.82, 2.24) is 9.80 Å². The number of hydrogen-bond acceptors (Lipinski definition) is 4. The van der Waals surface area contributed by atoms with Crippen LogP contribution < -0.4 is 0 Å². The maximum atomic E-state index is 12.1. The Balaban J connectivity index is 2.61. The Labute approximate surface area is 113 Å². The molecule has 1 rings (SSSR count). The number of hydrogen-bond donors (Lipinski definition) is 0. The van der Waals surface area contributed by atoms with E-state index in [-0.39, 0.29) is 30.6 Å². The molecule has 6 nitrogen and oxygen atoms in total. The van der Waals surface area contributed by atoms with Crippen molar-refractivity contribution < 1.29 is 19.1 Å². The molecule has 0 N–H and O–H groups in total. The predicted molar refractivity (Wildman–Crippen MR) is 69.3 cm³/mol. The monoisotopic (exact) mass is 270 g/mol. The van der Waals surface area contributed by atoms with E-state index in [4.69, 9.17) is 4.74 Å². The molecule has 1 fully saturated rings. The van der Waals surface area contributed by atoms with Crippen LogP contribution in [-0.4, -0.2) is 59.9 Å². The average molecular weight is 270 g/mol. The Hall–Kier alpha value is -1.59. The largest absolute Gasteiger partial charge is 0.466 e. The van der Waals surface area contributed by atoms with Gasteiger partial charge in [0.1, 0.15) is 5.54 Å². The molecule has 0 atom stereocenters. The lowest BCUT2D eigenvalue weighted by Crippen LogP contribution is -2.63. The first-order valence-electron chi connectivity index (χ1n) is 6.52. The minimum atomic E-state index is -0.848. The highest BCUT2D eigenvalue weighted by molar-refractivity contribution is 5.92. The third kappa shape index (κ3) is 3.45. The van der Waals surface area contributed by atoms with Crippen molar-refractivity contribution in [3.63, 3.8) is 0 Å². The van der Waals surface area contributed by atoms with Crippen LogP contribution >= 0.6 is 0 Å². The number of carbonyl (C=O) groups excluding carboxylic acids is 3. The van der Waals surface area contributed by atoms with Gasteiger partial charge in [0.05, 0.1) is 13.0 Å². The van der Waals surface area contributed by atoms with E-state index in [1.54, 1.807) is 37.6 Å². The van der Waals surface area contributed by atoms with E-state index in [0.717, 1.165) is 0 Å². The van der Waals surface area contributed by atoms with Crippen LogP contribution in [0.3, 0.4) is 0 Å². The second-order valence-electron chi connectivity index (χ2n) is 5.14. The fraction of sp³-hybridized carbons (Fsp3) is 0.769. The standard InChI is InChI=1S/C13H22N2O4/c1-5-19-11(17)7-6-10(16)15-9-8-14(4)12(18)13(15,2)3/h5-9H2,1-4H3. The van der Waals surface area contributed by atoms with Gasteiger partial charge in [-0.2, -0.15) is 0 Å². The second kappa shape index (κ2) is 6.04. The molecule has 2 amide bonds. The number of esters is 1. The molecule has 0 bridgehead atoms. The van der Waals surface area contributed by atoms with E-state index in [1.807, 2.05) is 0 Å². The highest BCUT2D eigenvalue weighted by Crippen LogP contribution is 2.22. The van der Waals surface area contributed by atoms with E-state index in [2.05, 4.69) is 0 Å². The third-order valence-electron chi connectivity index (χ3n) is 3.35. The van der Waals surface area contributed by atoms with Crippen LogP contribution in [0.2, 0.25) is 0 Å². The maximum Gasteiger partial charge on any atom is 0.306 e. The lowest BCUT2D eigenvalue weighted by molar-refractivity contribution is -0.158. The van der Waals surface area contributed by atoms with Gasteiger partial charge in [-0.25, -0.2) is 0 Å². The number of carbonyl (C=O) groups is 3. The van der Waals surface area contributed by atoms with Crippen molar-refractivity contribution in [3.8, 4) is 0 Å². The van der Waals surface area contributed by atoms with Crippen LogP contribution in [0.25, 0.3) is 0 Å². The van der Waals surface area contributed by atoms with E-state index in [1.165, 1.54) is 0 Å². The van der Waals surface area contributed by atoms with Crippen molar-refractivity contribution in [3.05, 3.63) is 0 Å². The SMILES string of the molecule is CCOC(=O)CCC(=O)N1CCN(C)C(=O)C1(C)C. The van der Waals surface area contributed by atoms with Crippen molar-refractivity contribution in [2.45, 2.75) is 39.2 Å². The van der Waals surface area contributed by atoms with Crippen molar-refractivity contribution >= 4 is 17.8 Å². The number of piperazine rings is 1. The summed E-state index contributed by atoms with van der Waals surface area (Å²) in [7, 11) is 1.73. The third-order valence-corrected chi connectivity index (χ3v) is 3.35. The number of ether oxygens (including phenoxy) is 1. The summed E-state index contributed by atoms with van der Waals surface area (Å²) in [6.07, 6.45) is 0.141. The van der Waals surface area contributed by atoms with Gasteiger partial charge in [-0.3, -0.25) is 14.4 Å². The first kappa shape index (κ1) is 15.5. The zero-order valence-electron chi connectivity index (χ0n) is 12.1. The smallest absolute Gasteiger partial charge is 0.306 e. The minimum Gasteiger partial charge on any atom is -0.466 e. The van der Waals surface area contributed by atoms with Gasteiger partial charge in [0.15, 0.2) is 0 Å². The molecule has 108 valence electrons. The number of rotatable bonds is 4. The van der Waals surface area contributed by atoms with E-state index >= 15 is 0 Å². The summed E-state index contributed by atoms with van der Waals surface area (Å²) in [5.41, 5.74) is -0.848. The number of nitrogens with zero attached hydrogens (tertiary/aromatic N) is 2. The van der Waals surface area contributed by atoms with Crippen molar-refractivity contribution in [2.24, 2.45) is 0 Å². The molecule has 1 aliphatic heterocycles. The van der Waals surface area contributed by atoms with Gasteiger partial charge < -0.3 is 14.5 Å². The number of amides is 2. The normalized spacial score (nSPS) is 18.4. The van der Waals surface area contributed by atoms with Crippen LogP contribution in [0.4, 0.5) is 0 Å². The lowest BCUT2D eigenvalue weighted by atomic mass is 9.97. The van der Waals surface area contributed by atoms with E-state index in [9.17, 15) is 14.4 Å². The van der Waals surface area contributed by atoms with E-state index in [0.29, 0.717) is 19.7 Å². The molecule has 6 heteroatoms. The molecule has 19 heavy (non-hydrogen) atoms. The number of likely N-dealkylation sites (N-methyl/N-ethyl adjacent to an activating group) is 1. The van der Waals surface area contributed by atoms with Crippen molar-refractivity contribution in [1.29, 1.82) is 0 Å². The topological polar surface area (TPSA) is 66.9 Å². The first-order chi connectivity index (χ1) is 8.80. The summed E-state index contributed by atoms with van der Waals surface area (Å²) in [5.74, 6) is -0.642. The highest BCUT2D eigenvalue weighted by atomic mass is 16.5. The van der Waals surface area contributed by atoms with Crippen LogP contribution in [0, 0.1) is 0 Å². The van der Waals surface area contributed by atoms with Crippen LogP contribution in [-0.2, 0) is 19.1 Å². The summed E-state index contributed by atoms with van der Waals surface area (Å²) in [4.78, 5) is 38.6. The molecule has 0 aromatic rings. The molecular formula is C13H22N2O4. The predicted octanol–water partition coefficient (Wildman–Crippen LogP) is 0.409. The lowest BCUT2D eigenvalue weighted by Gasteiger charge is -2.44. The molecule has 0 aromatic carbocycles. The molecule has 1 heterocycles. The summed E-state index contributed by atoms with van der Waals surface area (Å²) in [6.45, 7) is 6.51. The fourth-order valence-electron chi connectivity index (χ4n) is 2.23. The molecular weight excluding hydrogens is 248 g/mol. The van der Waals surface area contributed by atoms with Gasteiger partial charge in [-0.1, -0.05) is 0 Å². The van der Waals surface area contributed by atoms with Gasteiger partial charge >= 0.3 is 5.97 Å². The van der Waals surface area contributed by atoms with Gasteiger partial charge in [0.25, 0.3) is 0 Å². The van der Waals surface area contributed by atoms with Gasteiger partial charge in [-0.15, -0.1) is 0 Å². The molecule has 0 spiro atoms. The maximum absolute atomic E-state index is 12.1. The highest BCUT2D eigenvalue weighted by Gasteiger charge is 2.42. The first-order valence-corrected chi connectivity index (χ1v) is 6.52. The minimum absolute atomic E-state index is 0.0588. The Morgan fingerprint density at radius 1 is 1.26 bits per heavy atom. The Kier molecular flexibility index (Phi) is 4.91. The van der Waals surface area contributed by atoms with Gasteiger partial charge in [0, 0.05) is 26.6 Å². The molecule has 0 saturated carbocycles. The Morgan fingerprint density at radius 2 is 1.89 bits per heavy atom. The Morgan fingerprint density at radius 3 is 2.47 bits per heavy atom. The Bertz CT molecular complexity index is 379. The van der Waals surface area contributed by atoms with Crippen LogP contribution in [0.1, 0.15) is 33.6 Å². The molecule has 0 aliphatic carbocycles. The van der Waals surface area contributed by atoms with Crippen molar-refractivity contribution in [2.75, 3.05) is 26.7 Å². The second-order valence-corrected chi connectivity index (χ2v) is 5.14. The molecule has 0 radical (unpaired) electrons. The van der Waals surface area contributed by atoms with Crippen LogP contribution in [0.15, 0.2) is 0 Å². The van der Waals surface area contributed by atoms with Gasteiger partial charge in [-0.05, 0) is 20.8 Å². The van der Waals surface area contributed by atoms with Crippen LogP contribution in [0.5, 0.6) is 0 Å². The van der Waals surface area contributed by atoms with Gasteiger partial charge in [0.2, 0.25) is 11.8 Å². The molecule has 0 aromatic heterocycles. The molecule has 0 unspecified atom stereocenters. The fourth-order valence-corrected chi connectivity index (χ4v) is 2.23. The summed E-state index contributed by atoms with van der Waals surface area (Å²) < 4.78 is 4.78. The molecule has 1 saturated heterocycles. The quantitative estimate of drug-likeness (QED) is 0.694.